The summed E-state index contributed by atoms with van der Waals surface area (Å²) < 4.78 is 32.6. The molecule has 0 atom stereocenters. The van der Waals surface area contributed by atoms with Gasteiger partial charge in [0.2, 0.25) is 15.9 Å². The number of amides is 1. The molecule has 0 aliphatic carbocycles. The highest BCUT2D eigenvalue weighted by molar-refractivity contribution is 7.89. The maximum atomic E-state index is 12.5. The van der Waals surface area contributed by atoms with Gasteiger partial charge in [0.25, 0.3) is 5.69 Å². The second-order valence-corrected chi connectivity index (χ2v) is 8.43. The molecule has 1 aliphatic heterocycles. The highest BCUT2D eigenvalue weighted by Gasteiger charge is 2.27. The lowest BCUT2D eigenvalue weighted by Gasteiger charge is -2.31. The molecule has 9 nitrogen and oxygen atoms in total. The summed E-state index contributed by atoms with van der Waals surface area (Å²) >= 11 is 0. The van der Waals surface area contributed by atoms with Gasteiger partial charge in [-0.2, -0.15) is 0 Å². The van der Waals surface area contributed by atoms with Crippen molar-refractivity contribution in [3.05, 3.63) is 64.6 Å². The molecule has 0 unspecified atom stereocenters. The Morgan fingerprint density at radius 2 is 1.97 bits per heavy atom. The van der Waals surface area contributed by atoms with Crippen molar-refractivity contribution < 1.29 is 22.6 Å². The van der Waals surface area contributed by atoms with Gasteiger partial charge < -0.3 is 9.32 Å². The Labute approximate surface area is 168 Å². The molecule has 1 saturated heterocycles. The van der Waals surface area contributed by atoms with Crippen LogP contribution in [0, 0.1) is 16.0 Å². The predicted octanol–water partition coefficient (Wildman–Crippen LogP) is 2.42. The first-order valence-electron chi connectivity index (χ1n) is 9.10. The van der Waals surface area contributed by atoms with Crippen molar-refractivity contribution in [3.8, 4) is 0 Å². The van der Waals surface area contributed by atoms with Gasteiger partial charge in [-0.15, -0.1) is 0 Å². The lowest BCUT2D eigenvalue weighted by molar-refractivity contribution is -0.387. The maximum absolute atomic E-state index is 12.5. The molecule has 10 heteroatoms. The quantitative estimate of drug-likeness (QED) is 0.418. The van der Waals surface area contributed by atoms with Crippen LogP contribution < -0.4 is 4.72 Å². The molecule has 1 amide bonds. The van der Waals surface area contributed by atoms with Gasteiger partial charge in [0.15, 0.2) is 4.90 Å². The van der Waals surface area contributed by atoms with Crippen molar-refractivity contribution in [3.63, 3.8) is 0 Å². The molecule has 1 N–H and O–H groups in total. The summed E-state index contributed by atoms with van der Waals surface area (Å²) in [6, 6.07) is 8.73. The van der Waals surface area contributed by atoms with Crippen molar-refractivity contribution >= 4 is 27.7 Å². The summed E-state index contributed by atoms with van der Waals surface area (Å²) in [6.07, 6.45) is 5.87. The predicted molar refractivity (Wildman–Crippen MR) is 105 cm³/mol. The van der Waals surface area contributed by atoms with E-state index >= 15 is 0 Å². The Morgan fingerprint density at radius 3 is 2.62 bits per heavy atom. The molecule has 154 valence electrons. The van der Waals surface area contributed by atoms with Crippen molar-refractivity contribution in [2.75, 3.05) is 19.6 Å². The van der Waals surface area contributed by atoms with Crippen LogP contribution in [-0.4, -0.2) is 43.8 Å². The first-order chi connectivity index (χ1) is 13.9. The minimum atomic E-state index is -3.99. The lowest BCUT2D eigenvalue weighted by atomic mass is 9.97. The van der Waals surface area contributed by atoms with Gasteiger partial charge >= 0.3 is 0 Å². The Balaban J connectivity index is 1.52. The molecule has 0 spiro atoms. The molecular formula is C19H21N3O6S. The number of hydrogen-bond acceptors (Lipinski definition) is 6. The Kier molecular flexibility index (Phi) is 6.45. The highest BCUT2D eigenvalue weighted by atomic mass is 32.2. The van der Waals surface area contributed by atoms with E-state index in [1.807, 2.05) is 0 Å². The van der Waals surface area contributed by atoms with Crippen LogP contribution in [0.15, 0.2) is 58.1 Å². The third kappa shape index (κ3) is 5.30. The number of sulfonamides is 1. The van der Waals surface area contributed by atoms with Gasteiger partial charge in [0, 0.05) is 31.8 Å². The Bertz CT molecular complexity index is 993. The van der Waals surface area contributed by atoms with E-state index in [1.54, 1.807) is 23.1 Å². The van der Waals surface area contributed by atoms with E-state index in [0.29, 0.717) is 31.7 Å². The van der Waals surface area contributed by atoms with Crippen LogP contribution in [0.5, 0.6) is 0 Å². The summed E-state index contributed by atoms with van der Waals surface area (Å²) in [5, 5.41) is 11.1. The second-order valence-electron chi connectivity index (χ2n) is 6.69. The number of nitrogens with one attached hydrogen (secondary N) is 1. The van der Waals surface area contributed by atoms with E-state index in [1.165, 1.54) is 30.5 Å². The monoisotopic (exact) mass is 419 g/mol. The average molecular weight is 419 g/mol. The number of nitro benzene ring substituents is 1. The molecule has 0 saturated carbocycles. The third-order valence-electron chi connectivity index (χ3n) is 4.77. The first-order valence-corrected chi connectivity index (χ1v) is 10.6. The zero-order valence-electron chi connectivity index (χ0n) is 15.6. The van der Waals surface area contributed by atoms with Gasteiger partial charge in [-0.05, 0) is 43.0 Å². The zero-order chi connectivity index (χ0) is 20.9. The van der Waals surface area contributed by atoms with Crippen LogP contribution >= 0.6 is 0 Å². The highest BCUT2D eigenvalue weighted by Crippen LogP contribution is 2.23. The summed E-state index contributed by atoms with van der Waals surface area (Å²) in [5.74, 6) is 0.517. The molecule has 1 fully saturated rings. The summed E-state index contributed by atoms with van der Waals surface area (Å²) in [7, 11) is -3.99. The summed E-state index contributed by atoms with van der Waals surface area (Å²) in [4.78, 5) is 23.9. The van der Waals surface area contributed by atoms with Crippen LogP contribution in [-0.2, 0) is 14.8 Å². The zero-order valence-corrected chi connectivity index (χ0v) is 16.4. The SMILES string of the molecule is O=C(/C=C/c1ccco1)N1CCC(CNS(=O)(=O)c2ccccc2[N+](=O)[O-])CC1. The standard InChI is InChI=1S/C19H21N3O6S/c23-19(8-7-16-4-3-13-28-16)21-11-9-15(10-12-21)14-20-29(26,27)18-6-2-1-5-17(18)22(24)25/h1-8,13,15,20H,9-12,14H2/b8-7+. The number of para-hydroxylation sites is 1. The van der Waals surface area contributed by atoms with Crippen LogP contribution in [0.25, 0.3) is 6.08 Å². The fourth-order valence-corrected chi connectivity index (χ4v) is 4.43. The molecule has 1 aromatic heterocycles. The van der Waals surface area contributed by atoms with E-state index < -0.39 is 20.6 Å². The number of likely N-dealkylation sites (tertiary alicyclic amines) is 1. The Morgan fingerprint density at radius 1 is 1.24 bits per heavy atom. The first kappa shape index (κ1) is 20.7. The minimum Gasteiger partial charge on any atom is -0.465 e. The number of carbonyl (C=O) groups excluding carboxylic acids is 1. The van der Waals surface area contributed by atoms with Crippen LogP contribution in [0.4, 0.5) is 5.69 Å². The van der Waals surface area contributed by atoms with E-state index in [2.05, 4.69) is 4.72 Å². The van der Waals surface area contributed by atoms with Gasteiger partial charge in [-0.25, -0.2) is 13.1 Å². The van der Waals surface area contributed by atoms with Crippen molar-refractivity contribution in [1.82, 2.24) is 9.62 Å². The topological polar surface area (TPSA) is 123 Å². The smallest absolute Gasteiger partial charge is 0.289 e. The summed E-state index contributed by atoms with van der Waals surface area (Å²) in [6.45, 7) is 1.19. The molecule has 0 radical (unpaired) electrons. The van der Waals surface area contributed by atoms with Gasteiger partial charge in [-0.3, -0.25) is 14.9 Å². The normalized spacial score (nSPS) is 15.7. The van der Waals surface area contributed by atoms with E-state index in [9.17, 15) is 23.3 Å². The number of hydrogen-bond donors (Lipinski definition) is 1. The van der Waals surface area contributed by atoms with Crippen LogP contribution in [0.2, 0.25) is 0 Å². The van der Waals surface area contributed by atoms with E-state index in [0.717, 1.165) is 6.07 Å². The molecule has 2 heterocycles. The molecule has 29 heavy (non-hydrogen) atoms. The molecule has 0 bridgehead atoms. The van der Waals surface area contributed by atoms with Crippen molar-refractivity contribution in [1.29, 1.82) is 0 Å². The Hall–Kier alpha value is -2.98. The maximum Gasteiger partial charge on any atom is 0.289 e. The number of nitrogens with zero attached hydrogens (tertiary/aromatic N) is 2. The minimum absolute atomic E-state index is 0.0469. The largest absolute Gasteiger partial charge is 0.465 e. The summed E-state index contributed by atoms with van der Waals surface area (Å²) in [5.41, 5.74) is -0.455. The molecular weight excluding hydrogens is 398 g/mol. The number of rotatable bonds is 7. The molecule has 1 aromatic carbocycles. The average Bonchev–Trinajstić information content (AvgIpc) is 3.24. The van der Waals surface area contributed by atoms with Crippen molar-refractivity contribution in [2.45, 2.75) is 17.7 Å². The molecule has 1 aliphatic rings. The number of furan rings is 1. The second kappa shape index (κ2) is 9.01. The number of piperidine rings is 1. The fourth-order valence-electron chi connectivity index (χ4n) is 3.14. The fraction of sp³-hybridized carbons (Fsp3) is 0.316. The van der Waals surface area contributed by atoms with Crippen molar-refractivity contribution in [2.24, 2.45) is 5.92 Å². The van der Waals surface area contributed by atoms with E-state index in [-0.39, 0.29) is 23.3 Å². The number of benzene rings is 1. The molecule has 2 aromatic rings. The molecule has 3 rings (SSSR count). The number of carbonyl (C=O) groups is 1. The van der Waals surface area contributed by atoms with Crippen LogP contribution in [0.1, 0.15) is 18.6 Å². The number of nitro groups is 1. The lowest BCUT2D eigenvalue weighted by Crippen LogP contribution is -2.41. The van der Waals surface area contributed by atoms with Gasteiger partial charge in [0.1, 0.15) is 5.76 Å². The van der Waals surface area contributed by atoms with Gasteiger partial charge in [-0.1, -0.05) is 12.1 Å². The van der Waals surface area contributed by atoms with Gasteiger partial charge in [0.05, 0.1) is 11.2 Å². The van der Waals surface area contributed by atoms with E-state index in [4.69, 9.17) is 4.42 Å². The van der Waals surface area contributed by atoms with Crippen LogP contribution in [0.3, 0.4) is 0 Å². The third-order valence-corrected chi connectivity index (χ3v) is 6.24.